The summed E-state index contributed by atoms with van der Waals surface area (Å²) in [7, 11) is -2.06. The third-order valence-corrected chi connectivity index (χ3v) is 7.68. The summed E-state index contributed by atoms with van der Waals surface area (Å²) in [6, 6.07) is 13.5. The van der Waals surface area contributed by atoms with Gasteiger partial charge in [0.1, 0.15) is 11.6 Å². The van der Waals surface area contributed by atoms with Crippen molar-refractivity contribution in [1.29, 1.82) is 0 Å². The first-order valence-corrected chi connectivity index (χ1v) is 12.2. The minimum absolute atomic E-state index is 0.00482. The van der Waals surface area contributed by atoms with Crippen LogP contribution in [0.2, 0.25) is 0 Å². The fraction of sp³-hybridized carbons (Fsp3) is 0.208. The third kappa shape index (κ3) is 4.42. The molecule has 0 radical (unpaired) electrons. The average Bonchev–Trinajstić information content (AvgIpc) is 3.48. The minimum Gasteiger partial charge on any atom is -0.365 e. The Hall–Kier alpha value is -3.63. The third-order valence-electron chi connectivity index (χ3n) is 5.96. The number of sulfonamides is 1. The van der Waals surface area contributed by atoms with Crippen LogP contribution in [0.3, 0.4) is 0 Å². The van der Waals surface area contributed by atoms with Gasteiger partial charge in [-0.2, -0.15) is 4.31 Å². The minimum atomic E-state index is -3.78. The van der Waals surface area contributed by atoms with Gasteiger partial charge in [-0.25, -0.2) is 22.8 Å². The van der Waals surface area contributed by atoms with E-state index in [1.54, 1.807) is 42.3 Å². The molecular formula is C24H23FN6O2S. The molecule has 4 aromatic rings. The smallest absolute Gasteiger partial charge is 0.262 e. The lowest BCUT2D eigenvalue weighted by atomic mass is 9.94. The van der Waals surface area contributed by atoms with E-state index in [0.717, 1.165) is 16.7 Å². The summed E-state index contributed by atoms with van der Waals surface area (Å²) in [5.41, 5.74) is 2.75. The number of hydrogen-bond acceptors (Lipinski definition) is 6. The molecule has 10 heteroatoms. The average molecular weight is 479 g/mol. The molecule has 34 heavy (non-hydrogen) atoms. The Kier molecular flexibility index (Phi) is 5.84. The monoisotopic (exact) mass is 478 g/mol. The van der Waals surface area contributed by atoms with Gasteiger partial charge in [-0.1, -0.05) is 18.2 Å². The molecule has 1 saturated heterocycles. The number of benzene rings is 1. The molecule has 0 spiro atoms. The predicted octanol–water partition coefficient (Wildman–Crippen LogP) is 3.29. The molecule has 8 nitrogen and oxygen atoms in total. The summed E-state index contributed by atoms with van der Waals surface area (Å²) < 4.78 is 43.1. The molecule has 2 atom stereocenters. The number of nitrogens with one attached hydrogen (secondary N) is 1. The first-order valence-electron chi connectivity index (χ1n) is 10.8. The normalized spacial score (nSPS) is 18.8. The van der Waals surface area contributed by atoms with Crippen molar-refractivity contribution < 1.29 is 12.8 Å². The first kappa shape index (κ1) is 22.2. The molecule has 1 N–H and O–H groups in total. The molecule has 1 fully saturated rings. The van der Waals surface area contributed by atoms with Gasteiger partial charge in [0.05, 0.1) is 6.33 Å². The molecule has 1 aliphatic rings. The lowest BCUT2D eigenvalue weighted by Gasteiger charge is -2.21. The van der Waals surface area contributed by atoms with Crippen molar-refractivity contribution >= 4 is 15.8 Å². The van der Waals surface area contributed by atoms with E-state index in [1.165, 1.54) is 29.0 Å². The van der Waals surface area contributed by atoms with Crippen LogP contribution in [0, 0.1) is 5.82 Å². The molecule has 0 amide bonds. The molecule has 174 valence electrons. The van der Waals surface area contributed by atoms with E-state index >= 15 is 0 Å². The molecule has 5 rings (SSSR count). The summed E-state index contributed by atoms with van der Waals surface area (Å²) in [6.45, 7) is 0.463. The van der Waals surface area contributed by atoms with Crippen molar-refractivity contribution in [3.8, 4) is 11.1 Å². The van der Waals surface area contributed by atoms with Crippen molar-refractivity contribution in [3.63, 3.8) is 0 Å². The number of hydrogen-bond donors (Lipinski definition) is 1. The SMILES string of the molecule is Cn1cnc(S(=O)(=O)N2C[C@H](Nc3cc(-c4cccnc4)ccn3)[C@@H](c3ccc(F)cc3)C2)c1. The molecule has 1 aromatic carbocycles. The maximum atomic E-state index is 13.6. The zero-order valence-corrected chi connectivity index (χ0v) is 19.2. The zero-order valence-electron chi connectivity index (χ0n) is 18.4. The van der Waals surface area contributed by atoms with Crippen LogP contribution in [-0.2, 0) is 17.1 Å². The van der Waals surface area contributed by atoms with Gasteiger partial charge < -0.3 is 9.88 Å². The standard InChI is InChI=1S/C24H23FN6O2S/c1-30-15-24(28-16-30)34(32,33)31-13-21(17-4-6-20(25)7-5-17)22(14-31)29-23-11-18(8-10-27-23)19-3-2-9-26-12-19/h2-12,15-16,21-22H,13-14H2,1H3,(H,27,29)/t21-,22+/m1/s1. The van der Waals surface area contributed by atoms with Crippen molar-refractivity contribution in [1.82, 2.24) is 23.8 Å². The summed E-state index contributed by atoms with van der Waals surface area (Å²) in [5.74, 6) is 0.0774. The molecular weight excluding hydrogens is 455 g/mol. The second-order valence-electron chi connectivity index (χ2n) is 8.28. The van der Waals surface area contributed by atoms with E-state index in [9.17, 15) is 12.8 Å². The van der Waals surface area contributed by atoms with Crippen LogP contribution >= 0.6 is 0 Å². The summed E-state index contributed by atoms with van der Waals surface area (Å²) in [5, 5.41) is 3.42. The Balaban J connectivity index is 1.46. The molecule has 0 unspecified atom stereocenters. The highest BCUT2D eigenvalue weighted by Gasteiger charge is 2.41. The fourth-order valence-corrected chi connectivity index (χ4v) is 5.68. The Morgan fingerprint density at radius 1 is 1.03 bits per heavy atom. The van der Waals surface area contributed by atoms with Gasteiger partial charge in [-0.15, -0.1) is 0 Å². The van der Waals surface area contributed by atoms with Gasteiger partial charge in [0.2, 0.25) is 0 Å². The fourth-order valence-electron chi connectivity index (χ4n) is 4.22. The second kappa shape index (κ2) is 8.96. The molecule has 1 aliphatic heterocycles. The van der Waals surface area contributed by atoms with Crippen LogP contribution in [0.5, 0.6) is 0 Å². The van der Waals surface area contributed by atoms with E-state index in [4.69, 9.17) is 0 Å². The molecule has 0 bridgehead atoms. The van der Waals surface area contributed by atoms with Gasteiger partial charge in [-0.05, 0) is 41.5 Å². The van der Waals surface area contributed by atoms with Crippen LogP contribution < -0.4 is 5.32 Å². The topological polar surface area (TPSA) is 93.0 Å². The number of imidazole rings is 1. The van der Waals surface area contributed by atoms with Crippen LogP contribution in [0.4, 0.5) is 10.2 Å². The van der Waals surface area contributed by atoms with Gasteiger partial charge in [0, 0.05) is 62.4 Å². The number of nitrogens with zero attached hydrogens (tertiary/aromatic N) is 5. The highest BCUT2D eigenvalue weighted by atomic mass is 32.2. The lowest BCUT2D eigenvalue weighted by molar-refractivity contribution is 0.468. The summed E-state index contributed by atoms with van der Waals surface area (Å²) >= 11 is 0. The first-order chi connectivity index (χ1) is 16.4. The van der Waals surface area contributed by atoms with Crippen LogP contribution in [0.1, 0.15) is 11.5 Å². The summed E-state index contributed by atoms with van der Waals surface area (Å²) in [4.78, 5) is 12.7. The Bertz CT molecular complexity index is 1390. The van der Waals surface area contributed by atoms with Gasteiger partial charge in [-0.3, -0.25) is 4.98 Å². The van der Waals surface area contributed by atoms with Crippen molar-refractivity contribution in [2.75, 3.05) is 18.4 Å². The van der Waals surface area contributed by atoms with Gasteiger partial charge in [0.25, 0.3) is 10.0 Å². The Morgan fingerprint density at radius 3 is 2.56 bits per heavy atom. The maximum Gasteiger partial charge on any atom is 0.262 e. The Morgan fingerprint density at radius 2 is 1.85 bits per heavy atom. The van der Waals surface area contributed by atoms with E-state index < -0.39 is 10.0 Å². The zero-order chi connectivity index (χ0) is 23.7. The highest BCUT2D eigenvalue weighted by molar-refractivity contribution is 7.89. The number of aryl methyl sites for hydroxylation is 1. The van der Waals surface area contributed by atoms with Crippen LogP contribution in [-0.4, -0.2) is 51.4 Å². The van der Waals surface area contributed by atoms with Crippen LogP contribution in [0.15, 0.2) is 84.7 Å². The largest absolute Gasteiger partial charge is 0.365 e. The lowest BCUT2D eigenvalue weighted by Crippen LogP contribution is -2.32. The number of halogens is 1. The van der Waals surface area contributed by atoms with E-state index in [1.807, 2.05) is 24.3 Å². The molecule has 0 saturated carbocycles. The Labute approximate surface area is 197 Å². The number of rotatable bonds is 6. The van der Waals surface area contributed by atoms with Crippen molar-refractivity contribution in [2.24, 2.45) is 7.05 Å². The predicted molar refractivity (Wildman–Crippen MR) is 126 cm³/mol. The molecule has 0 aliphatic carbocycles. The molecule has 3 aromatic heterocycles. The van der Waals surface area contributed by atoms with E-state index in [-0.39, 0.29) is 35.9 Å². The maximum absolute atomic E-state index is 13.6. The highest BCUT2D eigenvalue weighted by Crippen LogP contribution is 2.33. The number of pyridine rings is 2. The van der Waals surface area contributed by atoms with Crippen molar-refractivity contribution in [2.45, 2.75) is 17.0 Å². The van der Waals surface area contributed by atoms with E-state index in [2.05, 4.69) is 20.3 Å². The van der Waals surface area contributed by atoms with Crippen LogP contribution in [0.25, 0.3) is 11.1 Å². The quantitative estimate of drug-likeness (QED) is 0.457. The second-order valence-corrected chi connectivity index (χ2v) is 10.2. The van der Waals surface area contributed by atoms with Gasteiger partial charge >= 0.3 is 0 Å². The van der Waals surface area contributed by atoms with E-state index in [0.29, 0.717) is 5.82 Å². The summed E-state index contributed by atoms with van der Waals surface area (Å²) in [6.07, 6.45) is 8.14. The number of anilines is 1. The number of aromatic nitrogens is 4. The molecule has 4 heterocycles. The van der Waals surface area contributed by atoms with Gasteiger partial charge in [0.15, 0.2) is 5.03 Å². The van der Waals surface area contributed by atoms with Crippen molar-refractivity contribution in [3.05, 3.63) is 91.0 Å².